The third kappa shape index (κ3) is 2.91. The van der Waals surface area contributed by atoms with E-state index < -0.39 is 0 Å². The molecular formula is C13H21N3O2. The van der Waals surface area contributed by atoms with Gasteiger partial charge in [-0.1, -0.05) is 0 Å². The van der Waals surface area contributed by atoms with Crippen molar-refractivity contribution < 1.29 is 9.90 Å². The summed E-state index contributed by atoms with van der Waals surface area (Å²) < 4.78 is 2.06. The summed E-state index contributed by atoms with van der Waals surface area (Å²) in [6, 6.07) is 3.92. The first kappa shape index (κ1) is 13.1. The van der Waals surface area contributed by atoms with Gasteiger partial charge >= 0.3 is 0 Å². The number of nitrogens with zero attached hydrogens (tertiary/aromatic N) is 1. The van der Waals surface area contributed by atoms with Gasteiger partial charge < -0.3 is 20.3 Å². The molecule has 0 spiro atoms. The molecule has 1 aromatic heterocycles. The molecule has 0 bridgehead atoms. The van der Waals surface area contributed by atoms with Crippen LogP contribution in [0, 0.1) is 0 Å². The van der Waals surface area contributed by atoms with E-state index in [9.17, 15) is 4.79 Å². The molecule has 0 radical (unpaired) electrons. The average molecular weight is 251 g/mol. The van der Waals surface area contributed by atoms with Crippen molar-refractivity contribution in [3.63, 3.8) is 0 Å². The monoisotopic (exact) mass is 251 g/mol. The van der Waals surface area contributed by atoms with Crippen LogP contribution in [0.5, 0.6) is 0 Å². The van der Waals surface area contributed by atoms with E-state index in [1.807, 2.05) is 18.3 Å². The zero-order chi connectivity index (χ0) is 13.0. The summed E-state index contributed by atoms with van der Waals surface area (Å²) >= 11 is 0. The Morgan fingerprint density at radius 3 is 3.00 bits per heavy atom. The van der Waals surface area contributed by atoms with Gasteiger partial charge in [0.1, 0.15) is 5.69 Å². The van der Waals surface area contributed by atoms with Crippen molar-refractivity contribution in [2.75, 3.05) is 19.7 Å². The van der Waals surface area contributed by atoms with Gasteiger partial charge in [0.25, 0.3) is 5.91 Å². The second kappa shape index (κ2) is 6.02. The minimum Gasteiger partial charge on any atom is -0.394 e. The standard InChI is InChI=1S/C13H21N3O2/c1-10(9-17)15-13(18)12-3-2-8-16(12)11-4-6-14-7-5-11/h2-3,8,10-11,14,17H,4-7,9H2,1H3,(H,15,18)/t10-/m1/s1. The molecule has 1 aliphatic heterocycles. The summed E-state index contributed by atoms with van der Waals surface area (Å²) in [5.74, 6) is -0.111. The third-order valence-electron chi connectivity index (χ3n) is 3.36. The summed E-state index contributed by atoms with van der Waals surface area (Å²) in [4.78, 5) is 12.1. The van der Waals surface area contributed by atoms with Crippen LogP contribution in [0.25, 0.3) is 0 Å². The van der Waals surface area contributed by atoms with E-state index in [0.717, 1.165) is 25.9 Å². The highest BCUT2D eigenvalue weighted by Gasteiger charge is 2.20. The molecule has 1 aliphatic rings. The fourth-order valence-electron chi connectivity index (χ4n) is 2.33. The number of hydrogen-bond acceptors (Lipinski definition) is 3. The summed E-state index contributed by atoms with van der Waals surface area (Å²) in [6.45, 7) is 3.74. The summed E-state index contributed by atoms with van der Waals surface area (Å²) in [7, 11) is 0. The minimum absolute atomic E-state index is 0.0419. The van der Waals surface area contributed by atoms with E-state index in [0.29, 0.717) is 11.7 Å². The third-order valence-corrected chi connectivity index (χ3v) is 3.36. The second-order valence-corrected chi connectivity index (χ2v) is 4.84. The molecule has 100 valence electrons. The quantitative estimate of drug-likeness (QED) is 0.731. The highest BCUT2D eigenvalue weighted by atomic mass is 16.3. The fourth-order valence-corrected chi connectivity index (χ4v) is 2.33. The Balaban J connectivity index is 2.09. The van der Waals surface area contributed by atoms with Gasteiger partial charge in [-0.25, -0.2) is 0 Å². The van der Waals surface area contributed by atoms with Gasteiger partial charge in [0.2, 0.25) is 0 Å². The van der Waals surface area contributed by atoms with E-state index in [2.05, 4.69) is 15.2 Å². The van der Waals surface area contributed by atoms with Crippen LogP contribution in [0.2, 0.25) is 0 Å². The van der Waals surface area contributed by atoms with Gasteiger partial charge in [-0.05, 0) is 45.0 Å². The van der Waals surface area contributed by atoms with Crippen LogP contribution in [-0.2, 0) is 0 Å². The molecule has 1 saturated heterocycles. The molecule has 5 nitrogen and oxygen atoms in total. The Bertz CT molecular complexity index is 397. The molecule has 1 fully saturated rings. The summed E-state index contributed by atoms with van der Waals surface area (Å²) in [6.07, 6.45) is 4.06. The predicted octanol–water partition coefficient (Wildman–Crippen LogP) is 0.523. The van der Waals surface area contributed by atoms with Gasteiger partial charge in [-0.15, -0.1) is 0 Å². The number of rotatable bonds is 4. The van der Waals surface area contributed by atoms with Crippen LogP contribution in [0.4, 0.5) is 0 Å². The molecule has 1 amide bonds. The first-order valence-corrected chi connectivity index (χ1v) is 6.51. The van der Waals surface area contributed by atoms with Gasteiger partial charge in [-0.2, -0.15) is 0 Å². The number of carbonyl (C=O) groups is 1. The van der Waals surface area contributed by atoms with Crippen LogP contribution in [0.1, 0.15) is 36.3 Å². The van der Waals surface area contributed by atoms with Gasteiger partial charge in [-0.3, -0.25) is 4.79 Å². The van der Waals surface area contributed by atoms with Crippen LogP contribution >= 0.6 is 0 Å². The zero-order valence-corrected chi connectivity index (χ0v) is 10.7. The second-order valence-electron chi connectivity index (χ2n) is 4.84. The average Bonchev–Trinajstić information content (AvgIpc) is 2.88. The number of hydrogen-bond donors (Lipinski definition) is 3. The summed E-state index contributed by atoms with van der Waals surface area (Å²) in [5.41, 5.74) is 0.683. The highest BCUT2D eigenvalue weighted by Crippen LogP contribution is 2.21. The number of nitrogens with one attached hydrogen (secondary N) is 2. The molecule has 3 N–H and O–H groups in total. The van der Waals surface area contributed by atoms with Crippen LogP contribution in [-0.4, -0.2) is 41.3 Å². The van der Waals surface area contributed by atoms with E-state index in [-0.39, 0.29) is 18.6 Å². The number of aromatic nitrogens is 1. The predicted molar refractivity (Wildman–Crippen MR) is 69.6 cm³/mol. The summed E-state index contributed by atoms with van der Waals surface area (Å²) in [5, 5.41) is 15.1. The first-order chi connectivity index (χ1) is 8.72. The Hall–Kier alpha value is -1.33. The van der Waals surface area contributed by atoms with Crippen molar-refractivity contribution in [3.05, 3.63) is 24.0 Å². The van der Waals surface area contributed by atoms with Crippen LogP contribution in [0.15, 0.2) is 18.3 Å². The molecule has 5 heteroatoms. The Labute approximate surface area is 107 Å². The van der Waals surface area contributed by atoms with E-state index >= 15 is 0 Å². The van der Waals surface area contributed by atoms with Crippen LogP contribution in [0.3, 0.4) is 0 Å². The molecule has 18 heavy (non-hydrogen) atoms. The zero-order valence-electron chi connectivity index (χ0n) is 10.7. The molecule has 0 aliphatic carbocycles. The van der Waals surface area contributed by atoms with E-state index in [1.165, 1.54) is 0 Å². The number of piperidine rings is 1. The molecule has 2 rings (SSSR count). The molecule has 1 atom stereocenters. The minimum atomic E-state index is -0.214. The smallest absolute Gasteiger partial charge is 0.268 e. The van der Waals surface area contributed by atoms with Crippen molar-refractivity contribution in [1.82, 2.24) is 15.2 Å². The molecule has 0 unspecified atom stereocenters. The molecule has 0 saturated carbocycles. The topological polar surface area (TPSA) is 66.3 Å². The lowest BCUT2D eigenvalue weighted by Gasteiger charge is -2.26. The van der Waals surface area contributed by atoms with E-state index in [4.69, 9.17) is 5.11 Å². The van der Waals surface area contributed by atoms with E-state index in [1.54, 1.807) is 6.92 Å². The van der Waals surface area contributed by atoms with Crippen molar-refractivity contribution >= 4 is 5.91 Å². The lowest BCUT2D eigenvalue weighted by atomic mass is 10.1. The number of aliphatic hydroxyl groups is 1. The maximum Gasteiger partial charge on any atom is 0.268 e. The van der Waals surface area contributed by atoms with Crippen molar-refractivity contribution in [3.8, 4) is 0 Å². The molecule has 0 aromatic carbocycles. The lowest BCUT2D eigenvalue weighted by molar-refractivity contribution is 0.0909. The first-order valence-electron chi connectivity index (χ1n) is 6.51. The van der Waals surface area contributed by atoms with Crippen molar-refractivity contribution in [2.24, 2.45) is 0 Å². The maximum absolute atomic E-state index is 12.1. The number of amides is 1. The van der Waals surface area contributed by atoms with Gasteiger partial charge in [0.05, 0.1) is 6.61 Å². The fraction of sp³-hybridized carbons (Fsp3) is 0.615. The van der Waals surface area contributed by atoms with Crippen molar-refractivity contribution in [1.29, 1.82) is 0 Å². The van der Waals surface area contributed by atoms with Gasteiger partial charge in [0.15, 0.2) is 0 Å². The van der Waals surface area contributed by atoms with Crippen LogP contribution < -0.4 is 10.6 Å². The lowest BCUT2D eigenvalue weighted by Crippen LogP contribution is -2.37. The number of aliphatic hydroxyl groups excluding tert-OH is 1. The normalized spacial score (nSPS) is 18.6. The Morgan fingerprint density at radius 1 is 1.61 bits per heavy atom. The molecular weight excluding hydrogens is 230 g/mol. The SMILES string of the molecule is C[C@H](CO)NC(=O)c1cccn1C1CCNCC1. The van der Waals surface area contributed by atoms with Gasteiger partial charge in [0, 0.05) is 18.3 Å². The highest BCUT2D eigenvalue weighted by molar-refractivity contribution is 5.93. The Kier molecular flexibility index (Phi) is 4.38. The molecule has 1 aromatic rings. The number of carbonyl (C=O) groups excluding carboxylic acids is 1. The Morgan fingerprint density at radius 2 is 2.33 bits per heavy atom. The largest absolute Gasteiger partial charge is 0.394 e. The maximum atomic E-state index is 12.1. The van der Waals surface area contributed by atoms with Crippen molar-refractivity contribution in [2.45, 2.75) is 31.8 Å². The molecule has 2 heterocycles.